The quantitative estimate of drug-likeness (QED) is 0.509. The number of nitro benzene ring substituents is 1. The number of nitrogens with one attached hydrogen (secondary N) is 1. The average Bonchev–Trinajstić information content (AvgIpc) is 2.56. The van der Waals surface area contributed by atoms with E-state index in [4.69, 9.17) is 4.74 Å². The van der Waals surface area contributed by atoms with Gasteiger partial charge in [0.05, 0.1) is 10.5 Å². The fourth-order valence-corrected chi connectivity index (χ4v) is 2.05. The van der Waals surface area contributed by atoms with Crippen LogP contribution in [0.3, 0.4) is 0 Å². The molecule has 0 fully saturated rings. The largest absolute Gasteiger partial charge is 0.449 e. The standard InChI is InChI=1S/C17H15FN2O5/c1-10-9-12(3-8-15(10)20(23)24)17(22)25-11(2)16(21)19-14-6-4-13(18)5-7-14/h3-9,11H,1-2H3,(H,19,21)/t11-/m1/s1. The van der Waals surface area contributed by atoms with Crippen molar-refractivity contribution in [1.82, 2.24) is 0 Å². The van der Waals surface area contributed by atoms with E-state index in [9.17, 15) is 24.1 Å². The van der Waals surface area contributed by atoms with Crippen LogP contribution in [0.1, 0.15) is 22.8 Å². The number of benzene rings is 2. The Kier molecular flexibility index (Phi) is 5.43. The summed E-state index contributed by atoms with van der Waals surface area (Å²) in [6.45, 7) is 2.88. The van der Waals surface area contributed by atoms with Crippen LogP contribution in [0.2, 0.25) is 0 Å². The zero-order valence-corrected chi connectivity index (χ0v) is 13.5. The van der Waals surface area contributed by atoms with Crippen molar-refractivity contribution < 1.29 is 23.6 Å². The number of carbonyl (C=O) groups is 2. The molecular weight excluding hydrogens is 331 g/mol. The van der Waals surface area contributed by atoms with Gasteiger partial charge in [-0.1, -0.05) is 0 Å². The van der Waals surface area contributed by atoms with Crippen LogP contribution in [0.4, 0.5) is 15.8 Å². The van der Waals surface area contributed by atoms with E-state index in [-0.39, 0.29) is 11.3 Å². The molecule has 130 valence electrons. The summed E-state index contributed by atoms with van der Waals surface area (Å²) in [5.41, 5.74) is 0.659. The van der Waals surface area contributed by atoms with Crippen LogP contribution < -0.4 is 5.32 Å². The molecule has 1 N–H and O–H groups in total. The van der Waals surface area contributed by atoms with Crippen molar-refractivity contribution in [2.24, 2.45) is 0 Å². The van der Waals surface area contributed by atoms with E-state index in [1.807, 2.05) is 0 Å². The van der Waals surface area contributed by atoms with Gasteiger partial charge in [-0.3, -0.25) is 14.9 Å². The molecule has 0 saturated carbocycles. The van der Waals surface area contributed by atoms with Crippen molar-refractivity contribution in [3.8, 4) is 0 Å². The summed E-state index contributed by atoms with van der Waals surface area (Å²) >= 11 is 0. The van der Waals surface area contributed by atoms with E-state index < -0.39 is 28.7 Å². The second-order valence-electron chi connectivity index (χ2n) is 5.30. The van der Waals surface area contributed by atoms with E-state index >= 15 is 0 Å². The van der Waals surface area contributed by atoms with E-state index in [0.29, 0.717) is 11.3 Å². The summed E-state index contributed by atoms with van der Waals surface area (Å²) in [7, 11) is 0. The van der Waals surface area contributed by atoms with Crippen LogP contribution in [0, 0.1) is 22.9 Å². The number of nitro groups is 1. The minimum atomic E-state index is -1.10. The topological polar surface area (TPSA) is 98.5 Å². The minimum Gasteiger partial charge on any atom is -0.449 e. The fraction of sp³-hybridized carbons (Fsp3) is 0.176. The van der Waals surface area contributed by atoms with Crippen molar-refractivity contribution in [3.05, 3.63) is 69.5 Å². The second-order valence-corrected chi connectivity index (χ2v) is 5.30. The lowest BCUT2D eigenvalue weighted by atomic mass is 10.1. The molecule has 25 heavy (non-hydrogen) atoms. The highest BCUT2D eigenvalue weighted by molar-refractivity contribution is 5.97. The summed E-state index contributed by atoms with van der Waals surface area (Å²) in [5.74, 6) is -1.80. The first kappa shape index (κ1) is 18.1. The van der Waals surface area contributed by atoms with Gasteiger partial charge in [-0.05, 0) is 50.2 Å². The zero-order valence-electron chi connectivity index (χ0n) is 13.5. The Morgan fingerprint density at radius 1 is 1.20 bits per heavy atom. The lowest BCUT2D eigenvalue weighted by Gasteiger charge is -2.13. The van der Waals surface area contributed by atoms with Gasteiger partial charge in [0.1, 0.15) is 5.82 Å². The smallest absolute Gasteiger partial charge is 0.338 e. The third-order valence-electron chi connectivity index (χ3n) is 3.39. The molecule has 0 aliphatic rings. The molecule has 0 radical (unpaired) electrons. The Hall–Kier alpha value is -3.29. The summed E-state index contributed by atoms with van der Waals surface area (Å²) in [6, 6.07) is 8.92. The maximum Gasteiger partial charge on any atom is 0.338 e. The molecule has 2 aromatic rings. The van der Waals surface area contributed by atoms with Gasteiger partial charge < -0.3 is 10.1 Å². The molecular formula is C17H15FN2O5. The highest BCUT2D eigenvalue weighted by atomic mass is 19.1. The number of esters is 1. The highest BCUT2D eigenvalue weighted by Gasteiger charge is 2.20. The number of halogens is 1. The molecule has 1 atom stereocenters. The third-order valence-corrected chi connectivity index (χ3v) is 3.39. The number of hydrogen-bond acceptors (Lipinski definition) is 5. The Bertz CT molecular complexity index is 820. The molecule has 0 spiro atoms. The first-order chi connectivity index (χ1) is 11.8. The number of ether oxygens (including phenoxy) is 1. The molecule has 0 aliphatic carbocycles. The van der Waals surface area contributed by atoms with Crippen LogP contribution >= 0.6 is 0 Å². The lowest BCUT2D eigenvalue weighted by Crippen LogP contribution is -2.30. The number of hydrogen-bond donors (Lipinski definition) is 1. The maximum atomic E-state index is 12.8. The van der Waals surface area contributed by atoms with Crippen molar-refractivity contribution >= 4 is 23.3 Å². The predicted octanol–water partition coefficient (Wildman–Crippen LogP) is 3.23. The predicted molar refractivity (Wildman–Crippen MR) is 87.7 cm³/mol. The Labute approximate surface area is 142 Å². The van der Waals surface area contributed by atoms with Crippen LogP contribution in [0.15, 0.2) is 42.5 Å². The molecule has 8 heteroatoms. The summed E-state index contributed by atoms with van der Waals surface area (Å²) in [4.78, 5) is 34.3. The first-order valence-electron chi connectivity index (χ1n) is 7.30. The summed E-state index contributed by atoms with van der Waals surface area (Å²) in [5, 5.41) is 13.3. The van der Waals surface area contributed by atoms with Crippen molar-refractivity contribution in [2.75, 3.05) is 5.32 Å². The Morgan fingerprint density at radius 2 is 1.84 bits per heavy atom. The number of aryl methyl sites for hydroxylation is 1. The number of rotatable bonds is 5. The molecule has 1 amide bonds. The zero-order chi connectivity index (χ0) is 18.6. The number of carbonyl (C=O) groups excluding carboxylic acids is 2. The van der Waals surface area contributed by atoms with Crippen molar-refractivity contribution in [3.63, 3.8) is 0 Å². The van der Waals surface area contributed by atoms with E-state index in [1.165, 1.54) is 56.3 Å². The molecule has 0 unspecified atom stereocenters. The second kappa shape index (κ2) is 7.52. The molecule has 2 rings (SSSR count). The van der Waals surface area contributed by atoms with E-state index in [2.05, 4.69) is 5.32 Å². The SMILES string of the molecule is Cc1cc(C(=O)O[C@H](C)C(=O)Nc2ccc(F)cc2)ccc1[N+](=O)[O-]. The number of anilines is 1. The average molecular weight is 346 g/mol. The van der Waals surface area contributed by atoms with Crippen LogP contribution in [0.5, 0.6) is 0 Å². The number of amides is 1. The monoisotopic (exact) mass is 346 g/mol. The third kappa shape index (κ3) is 4.60. The summed E-state index contributed by atoms with van der Waals surface area (Å²) < 4.78 is 17.9. The highest BCUT2D eigenvalue weighted by Crippen LogP contribution is 2.19. The van der Waals surface area contributed by atoms with Gasteiger partial charge in [0.25, 0.3) is 11.6 Å². The van der Waals surface area contributed by atoms with Gasteiger partial charge in [0, 0.05) is 17.3 Å². The van der Waals surface area contributed by atoms with E-state index in [1.54, 1.807) is 0 Å². The van der Waals surface area contributed by atoms with Crippen LogP contribution in [-0.2, 0) is 9.53 Å². The Balaban J connectivity index is 2.01. The molecule has 0 aromatic heterocycles. The molecule has 0 saturated heterocycles. The van der Waals surface area contributed by atoms with Gasteiger partial charge in [-0.15, -0.1) is 0 Å². The van der Waals surface area contributed by atoms with Crippen LogP contribution in [0.25, 0.3) is 0 Å². The normalized spacial score (nSPS) is 11.5. The molecule has 7 nitrogen and oxygen atoms in total. The Morgan fingerprint density at radius 3 is 2.40 bits per heavy atom. The first-order valence-corrected chi connectivity index (χ1v) is 7.30. The maximum absolute atomic E-state index is 12.8. The molecule has 2 aromatic carbocycles. The van der Waals surface area contributed by atoms with Gasteiger partial charge in [-0.25, -0.2) is 9.18 Å². The van der Waals surface area contributed by atoms with Gasteiger partial charge >= 0.3 is 5.97 Å². The van der Waals surface area contributed by atoms with Crippen molar-refractivity contribution in [1.29, 1.82) is 0 Å². The number of nitrogens with zero attached hydrogens (tertiary/aromatic N) is 1. The van der Waals surface area contributed by atoms with Gasteiger partial charge in [0.15, 0.2) is 6.10 Å². The molecule has 0 bridgehead atoms. The van der Waals surface area contributed by atoms with Gasteiger partial charge in [0.2, 0.25) is 0 Å². The fourth-order valence-electron chi connectivity index (χ4n) is 2.05. The minimum absolute atomic E-state index is 0.101. The lowest BCUT2D eigenvalue weighted by molar-refractivity contribution is -0.385. The van der Waals surface area contributed by atoms with E-state index in [0.717, 1.165) is 0 Å². The van der Waals surface area contributed by atoms with Crippen LogP contribution in [-0.4, -0.2) is 22.9 Å². The molecule has 0 heterocycles. The van der Waals surface area contributed by atoms with Crippen molar-refractivity contribution in [2.45, 2.75) is 20.0 Å². The summed E-state index contributed by atoms with van der Waals surface area (Å²) in [6.07, 6.45) is -1.10. The molecule has 0 aliphatic heterocycles. The van der Waals surface area contributed by atoms with Gasteiger partial charge in [-0.2, -0.15) is 0 Å².